The molecule has 0 aliphatic carbocycles. The fourth-order valence-electron chi connectivity index (χ4n) is 2.38. The highest BCUT2D eigenvalue weighted by molar-refractivity contribution is 5.92. The smallest absolute Gasteiger partial charge is 0.133 e. The maximum absolute atomic E-state index is 11.7. The molecule has 0 saturated carbocycles. The minimum atomic E-state index is 0.162. The Morgan fingerprint density at radius 2 is 2.18 bits per heavy atom. The van der Waals surface area contributed by atoms with Crippen LogP contribution in [0.25, 0.3) is 0 Å². The highest BCUT2D eigenvalue weighted by Gasteiger charge is 2.31. The first-order valence-corrected chi connectivity index (χ1v) is 6.45. The zero-order valence-electron chi connectivity index (χ0n) is 11.0. The van der Waals surface area contributed by atoms with Gasteiger partial charge in [0.2, 0.25) is 0 Å². The quantitative estimate of drug-likeness (QED) is 0.795. The van der Waals surface area contributed by atoms with Crippen LogP contribution in [0.4, 0.5) is 0 Å². The van der Waals surface area contributed by atoms with Crippen LogP contribution in [0.5, 0.6) is 0 Å². The van der Waals surface area contributed by atoms with Gasteiger partial charge in [-0.2, -0.15) is 10.2 Å². The van der Waals surface area contributed by atoms with Gasteiger partial charge < -0.3 is 5.73 Å². The molecular formula is C13H23N3O. The molecule has 0 fully saturated rings. The van der Waals surface area contributed by atoms with Crippen molar-refractivity contribution in [2.75, 3.05) is 6.54 Å². The van der Waals surface area contributed by atoms with Gasteiger partial charge in [-0.1, -0.05) is 20.8 Å². The Hall–Kier alpha value is -1.03. The lowest BCUT2D eigenvalue weighted by Gasteiger charge is -2.27. The fourth-order valence-corrected chi connectivity index (χ4v) is 2.38. The molecule has 0 aromatic heterocycles. The molecule has 1 heterocycles. The molecule has 0 bridgehead atoms. The van der Waals surface area contributed by atoms with Gasteiger partial charge in [-0.05, 0) is 24.8 Å². The molecule has 1 rings (SSSR count). The summed E-state index contributed by atoms with van der Waals surface area (Å²) < 4.78 is 0. The second kappa shape index (κ2) is 6.64. The number of nitrogens with two attached hydrogens (primary N) is 1. The number of ketones is 1. The molecular weight excluding hydrogens is 214 g/mol. The zero-order chi connectivity index (χ0) is 12.8. The van der Waals surface area contributed by atoms with E-state index >= 15 is 0 Å². The zero-order valence-corrected chi connectivity index (χ0v) is 11.0. The molecule has 0 amide bonds. The highest BCUT2D eigenvalue weighted by Crippen LogP contribution is 2.28. The summed E-state index contributed by atoms with van der Waals surface area (Å²) in [4.78, 5) is 11.7. The molecule has 1 aliphatic heterocycles. The van der Waals surface area contributed by atoms with Gasteiger partial charge in [0, 0.05) is 30.7 Å². The van der Waals surface area contributed by atoms with Crippen molar-refractivity contribution in [3.05, 3.63) is 0 Å². The van der Waals surface area contributed by atoms with Gasteiger partial charge in [0.25, 0.3) is 0 Å². The van der Waals surface area contributed by atoms with Crippen molar-refractivity contribution in [2.24, 2.45) is 33.7 Å². The molecule has 0 radical (unpaired) electrons. The SMILES string of the molecule is CCC(=O)CC1C(CC)=NN=CC(C)C1CN. The summed E-state index contributed by atoms with van der Waals surface area (Å²) in [5.41, 5.74) is 6.88. The summed E-state index contributed by atoms with van der Waals surface area (Å²) >= 11 is 0. The largest absolute Gasteiger partial charge is 0.330 e. The monoisotopic (exact) mass is 237 g/mol. The number of carbonyl (C=O) groups excluding carboxylic acids is 1. The van der Waals surface area contributed by atoms with E-state index in [2.05, 4.69) is 24.1 Å². The van der Waals surface area contributed by atoms with Crippen LogP contribution in [-0.2, 0) is 4.79 Å². The molecule has 0 spiro atoms. The fraction of sp³-hybridized carbons (Fsp3) is 0.769. The van der Waals surface area contributed by atoms with E-state index in [1.54, 1.807) is 0 Å². The van der Waals surface area contributed by atoms with E-state index in [9.17, 15) is 4.79 Å². The first-order chi connectivity index (χ1) is 8.13. The van der Waals surface area contributed by atoms with E-state index in [0.717, 1.165) is 12.1 Å². The highest BCUT2D eigenvalue weighted by atomic mass is 16.1. The van der Waals surface area contributed by atoms with E-state index in [-0.39, 0.29) is 23.5 Å². The van der Waals surface area contributed by atoms with Crippen molar-refractivity contribution in [1.82, 2.24) is 0 Å². The number of hydrogen-bond donors (Lipinski definition) is 1. The molecule has 0 aromatic rings. The number of carbonyl (C=O) groups is 1. The van der Waals surface area contributed by atoms with Crippen LogP contribution in [0, 0.1) is 17.8 Å². The first-order valence-electron chi connectivity index (χ1n) is 6.45. The van der Waals surface area contributed by atoms with E-state index < -0.39 is 0 Å². The molecule has 17 heavy (non-hydrogen) atoms. The number of nitrogens with zero attached hydrogens (tertiary/aromatic N) is 2. The lowest BCUT2D eigenvalue weighted by molar-refractivity contribution is -0.119. The number of rotatable bonds is 5. The summed E-state index contributed by atoms with van der Waals surface area (Å²) in [5.74, 6) is 0.997. The molecule has 3 atom stereocenters. The van der Waals surface area contributed by atoms with Crippen LogP contribution in [-0.4, -0.2) is 24.3 Å². The Balaban J connectivity index is 2.93. The predicted molar refractivity (Wildman–Crippen MR) is 71.3 cm³/mol. The van der Waals surface area contributed by atoms with Crippen LogP contribution in [0.2, 0.25) is 0 Å². The van der Waals surface area contributed by atoms with E-state index in [1.807, 2.05) is 13.1 Å². The van der Waals surface area contributed by atoms with Crippen molar-refractivity contribution in [3.63, 3.8) is 0 Å². The molecule has 1 aliphatic rings. The Morgan fingerprint density at radius 1 is 1.47 bits per heavy atom. The number of Topliss-reactive ketones (excluding diaryl/α,β-unsaturated/α-hetero) is 1. The van der Waals surface area contributed by atoms with Crippen LogP contribution < -0.4 is 5.73 Å². The molecule has 4 heteroatoms. The van der Waals surface area contributed by atoms with Crippen molar-refractivity contribution in [2.45, 2.75) is 40.0 Å². The third-order valence-electron chi connectivity index (χ3n) is 3.58. The molecule has 0 saturated heterocycles. The summed E-state index contributed by atoms with van der Waals surface area (Å²) in [5, 5.41) is 8.32. The maximum atomic E-state index is 11.7. The third-order valence-corrected chi connectivity index (χ3v) is 3.58. The van der Waals surface area contributed by atoms with E-state index in [1.165, 1.54) is 0 Å². The first kappa shape index (κ1) is 14.0. The van der Waals surface area contributed by atoms with Crippen molar-refractivity contribution in [3.8, 4) is 0 Å². The second-order valence-electron chi connectivity index (χ2n) is 4.67. The summed E-state index contributed by atoms with van der Waals surface area (Å²) in [6.07, 6.45) is 3.82. The van der Waals surface area contributed by atoms with Gasteiger partial charge in [0.1, 0.15) is 5.78 Å². The third kappa shape index (κ3) is 3.46. The molecule has 96 valence electrons. The van der Waals surface area contributed by atoms with Gasteiger partial charge in [-0.15, -0.1) is 0 Å². The summed E-state index contributed by atoms with van der Waals surface area (Å²) in [6.45, 7) is 6.63. The lowest BCUT2D eigenvalue weighted by atomic mass is 9.77. The number of hydrogen-bond acceptors (Lipinski definition) is 4. The van der Waals surface area contributed by atoms with Gasteiger partial charge in [0.15, 0.2) is 0 Å². The second-order valence-corrected chi connectivity index (χ2v) is 4.67. The van der Waals surface area contributed by atoms with Gasteiger partial charge >= 0.3 is 0 Å². The van der Waals surface area contributed by atoms with E-state index in [4.69, 9.17) is 5.73 Å². The standard InChI is InChI=1S/C13H23N3O/c1-4-10(17)6-11-12(7-14)9(3)8-15-16-13(11)5-2/h8-9,11-12H,4-7,14H2,1-3H3. The van der Waals surface area contributed by atoms with Crippen LogP contribution in [0.15, 0.2) is 10.2 Å². The Labute approximate surface area is 103 Å². The average Bonchev–Trinajstić information content (AvgIpc) is 2.48. The van der Waals surface area contributed by atoms with Gasteiger partial charge in [-0.25, -0.2) is 0 Å². The van der Waals surface area contributed by atoms with Crippen LogP contribution >= 0.6 is 0 Å². The predicted octanol–water partition coefficient (Wildman–Crippen LogP) is 2.03. The van der Waals surface area contributed by atoms with Crippen LogP contribution in [0.1, 0.15) is 40.0 Å². The van der Waals surface area contributed by atoms with Gasteiger partial charge in [0.05, 0.1) is 0 Å². The molecule has 0 aromatic carbocycles. The summed E-state index contributed by atoms with van der Waals surface area (Å²) in [7, 11) is 0. The Bertz CT molecular complexity index is 323. The van der Waals surface area contributed by atoms with Crippen molar-refractivity contribution < 1.29 is 4.79 Å². The average molecular weight is 237 g/mol. The normalized spacial score (nSPS) is 28.7. The molecule has 4 nitrogen and oxygen atoms in total. The maximum Gasteiger partial charge on any atom is 0.133 e. The summed E-state index contributed by atoms with van der Waals surface area (Å²) in [6, 6.07) is 0. The van der Waals surface area contributed by atoms with Crippen LogP contribution in [0.3, 0.4) is 0 Å². The lowest BCUT2D eigenvalue weighted by Crippen LogP contribution is -2.35. The minimum absolute atomic E-state index is 0.162. The molecule has 2 N–H and O–H groups in total. The molecule has 3 unspecified atom stereocenters. The topological polar surface area (TPSA) is 67.8 Å². The van der Waals surface area contributed by atoms with Gasteiger partial charge in [-0.3, -0.25) is 4.79 Å². The Kier molecular flexibility index (Phi) is 5.48. The van der Waals surface area contributed by atoms with Crippen molar-refractivity contribution >= 4 is 17.7 Å². The minimum Gasteiger partial charge on any atom is -0.330 e. The van der Waals surface area contributed by atoms with E-state index in [0.29, 0.717) is 19.4 Å². The van der Waals surface area contributed by atoms with Crippen molar-refractivity contribution in [1.29, 1.82) is 0 Å². The Morgan fingerprint density at radius 3 is 2.71 bits per heavy atom.